The van der Waals surface area contributed by atoms with Crippen molar-refractivity contribution in [2.75, 3.05) is 42.5 Å². The van der Waals surface area contributed by atoms with Gasteiger partial charge < -0.3 is 14.7 Å². The van der Waals surface area contributed by atoms with Gasteiger partial charge in [-0.3, -0.25) is 4.79 Å². The summed E-state index contributed by atoms with van der Waals surface area (Å²) in [5.74, 6) is 0.884. The molecule has 0 radical (unpaired) electrons. The molecule has 1 aromatic carbocycles. The van der Waals surface area contributed by atoms with Gasteiger partial charge in [-0.15, -0.1) is 10.2 Å². The second-order valence-electron chi connectivity index (χ2n) is 7.64. The molecule has 148 valence electrons. The monoisotopic (exact) mass is 379 g/mol. The van der Waals surface area contributed by atoms with Crippen molar-refractivity contribution in [2.45, 2.75) is 38.6 Å². The number of aromatic nitrogens is 2. The number of hydrogen-bond donors (Lipinski definition) is 0. The van der Waals surface area contributed by atoms with Crippen LogP contribution in [-0.2, 0) is 0 Å². The topological polar surface area (TPSA) is 52.6 Å². The Labute approximate surface area is 167 Å². The van der Waals surface area contributed by atoms with Crippen molar-refractivity contribution in [2.24, 2.45) is 0 Å². The lowest BCUT2D eigenvalue weighted by Gasteiger charge is -2.36. The zero-order valence-corrected chi connectivity index (χ0v) is 16.6. The van der Waals surface area contributed by atoms with Crippen LogP contribution in [0.4, 0.5) is 11.5 Å². The lowest BCUT2D eigenvalue weighted by Crippen LogP contribution is -2.49. The van der Waals surface area contributed by atoms with E-state index in [2.05, 4.69) is 51.2 Å². The number of amides is 1. The molecule has 4 rings (SSSR count). The Hall–Kier alpha value is -2.63. The summed E-state index contributed by atoms with van der Waals surface area (Å²) < 4.78 is 0. The van der Waals surface area contributed by atoms with E-state index in [0.717, 1.165) is 31.9 Å². The molecule has 0 saturated carbocycles. The van der Waals surface area contributed by atoms with Gasteiger partial charge in [0.25, 0.3) is 5.91 Å². The van der Waals surface area contributed by atoms with Crippen molar-refractivity contribution in [1.82, 2.24) is 15.1 Å². The molecule has 6 nitrogen and oxygen atoms in total. The van der Waals surface area contributed by atoms with E-state index in [4.69, 9.17) is 0 Å². The summed E-state index contributed by atoms with van der Waals surface area (Å²) in [6.07, 6.45) is 4.82. The maximum atomic E-state index is 12.8. The van der Waals surface area contributed by atoms with E-state index in [1.165, 1.54) is 24.9 Å². The first kappa shape index (κ1) is 18.7. The molecule has 0 N–H and O–H groups in total. The summed E-state index contributed by atoms with van der Waals surface area (Å²) in [5, 5.41) is 8.68. The van der Waals surface area contributed by atoms with E-state index in [-0.39, 0.29) is 5.91 Å². The third-order valence-electron chi connectivity index (χ3n) is 5.95. The number of benzene rings is 1. The van der Waals surface area contributed by atoms with Gasteiger partial charge in [0.2, 0.25) is 0 Å². The highest BCUT2D eigenvalue weighted by atomic mass is 16.2. The summed E-state index contributed by atoms with van der Waals surface area (Å²) >= 11 is 0. The number of piperazine rings is 1. The molecule has 2 aromatic rings. The summed E-state index contributed by atoms with van der Waals surface area (Å²) in [5.41, 5.74) is 1.66. The van der Waals surface area contributed by atoms with E-state index < -0.39 is 0 Å². The lowest BCUT2D eigenvalue weighted by molar-refractivity contribution is 0.0739. The standard InChI is InChI=1S/C22H29N5O/c1-2-18-8-6-7-13-27(18)21-12-11-20(23-24-21)22(28)26-16-14-25(15-17-26)19-9-4-3-5-10-19/h3-5,9-12,18H,2,6-8,13-17H2,1H3. The molecule has 28 heavy (non-hydrogen) atoms. The van der Waals surface area contributed by atoms with Crippen LogP contribution in [0.3, 0.4) is 0 Å². The summed E-state index contributed by atoms with van der Waals surface area (Å²) in [6, 6.07) is 14.7. The largest absolute Gasteiger partial charge is 0.368 e. The van der Waals surface area contributed by atoms with E-state index in [1.807, 2.05) is 23.1 Å². The fourth-order valence-electron chi connectivity index (χ4n) is 4.29. The van der Waals surface area contributed by atoms with E-state index in [9.17, 15) is 4.79 Å². The number of carbonyl (C=O) groups excluding carboxylic acids is 1. The van der Waals surface area contributed by atoms with E-state index >= 15 is 0 Å². The Bertz CT molecular complexity index is 771. The molecule has 1 unspecified atom stereocenters. The Morgan fingerprint density at radius 2 is 1.75 bits per heavy atom. The fourth-order valence-corrected chi connectivity index (χ4v) is 4.29. The predicted octanol–water partition coefficient (Wildman–Crippen LogP) is 3.21. The fraction of sp³-hybridized carbons (Fsp3) is 0.500. The average Bonchev–Trinajstić information content (AvgIpc) is 2.79. The first-order valence-electron chi connectivity index (χ1n) is 10.5. The molecule has 6 heteroatoms. The number of piperidine rings is 1. The van der Waals surface area contributed by atoms with Crippen LogP contribution in [0.5, 0.6) is 0 Å². The van der Waals surface area contributed by atoms with Gasteiger partial charge in [-0.2, -0.15) is 0 Å². The SMILES string of the molecule is CCC1CCCCN1c1ccc(C(=O)N2CCN(c3ccccc3)CC2)nn1. The number of para-hydroxylation sites is 1. The lowest BCUT2D eigenvalue weighted by atomic mass is 10.0. The molecule has 0 aliphatic carbocycles. The molecule has 2 aliphatic heterocycles. The van der Waals surface area contributed by atoms with Gasteiger partial charge in [-0.05, 0) is 49.9 Å². The third kappa shape index (κ3) is 3.96. The number of anilines is 2. The number of nitrogens with zero attached hydrogens (tertiary/aromatic N) is 5. The number of rotatable bonds is 4. The Kier molecular flexibility index (Phi) is 5.74. The molecular weight excluding hydrogens is 350 g/mol. The molecular formula is C22H29N5O. The first-order chi connectivity index (χ1) is 13.8. The van der Waals surface area contributed by atoms with Crippen LogP contribution in [0, 0.1) is 0 Å². The van der Waals surface area contributed by atoms with Gasteiger partial charge in [0.1, 0.15) is 0 Å². The summed E-state index contributed by atoms with van der Waals surface area (Å²) in [6.45, 7) is 6.36. The molecule has 2 fully saturated rings. The number of hydrogen-bond acceptors (Lipinski definition) is 5. The van der Waals surface area contributed by atoms with Crippen LogP contribution in [0.2, 0.25) is 0 Å². The highest BCUT2D eigenvalue weighted by molar-refractivity contribution is 5.92. The minimum Gasteiger partial charge on any atom is -0.368 e. The molecule has 0 bridgehead atoms. The normalized spacial score (nSPS) is 20.3. The van der Waals surface area contributed by atoms with Crippen molar-refractivity contribution in [1.29, 1.82) is 0 Å². The van der Waals surface area contributed by atoms with Crippen molar-refractivity contribution in [3.8, 4) is 0 Å². The zero-order chi connectivity index (χ0) is 19.3. The van der Waals surface area contributed by atoms with Crippen LogP contribution in [0.1, 0.15) is 43.1 Å². The van der Waals surface area contributed by atoms with Gasteiger partial charge in [0.05, 0.1) is 0 Å². The van der Waals surface area contributed by atoms with Crippen LogP contribution in [0.15, 0.2) is 42.5 Å². The van der Waals surface area contributed by atoms with Gasteiger partial charge >= 0.3 is 0 Å². The molecule has 1 atom stereocenters. The summed E-state index contributed by atoms with van der Waals surface area (Å²) in [4.78, 5) is 19.4. The maximum absolute atomic E-state index is 12.8. The van der Waals surface area contributed by atoms with Crippen LogP contribution < -0.4 is 9.80 Å². The Balaban J connectivity index is 1.37. The second kappa shape index (κ2) is 8.59. The Morgan fingerprint density at radius 3 is 2.43 bits per heavy atom. The third-order valence-corrected chi connectivity index (χ3v) is 5.95. The van der Waals surface area contributed by atoms with Crippen molar-refractivity contribution in [3.05, 3.63) is 48.2 Å². The average molecular weight is 380 g/mol. The van der Waals surface area contributed by atoms with Crippen molar-refractivity contribution in [3.63, 3.8) is 0 Å². The minimum atomic E-state index is -0.0163. The maximum Gasteiger partial charge on any atom is 0.274 e. The van der Waals surface area contributed by atoms with Gasteiger partial charge in [0, 0.05) is 44.5 Å². The smallest absolute Gasteiger partial charge is 0.274 e. The molecule has 3 heterocycles. The zero-order valence-electron chi connectivity index (χ0n) is 16.6. The Morgan fingerprint density at radius 1 is 0.964 bits per heavy atom. The second-order valence-corrected chi connectivity index (χ2v) is 7.64. The molecule has 1 aromatic heterocycles. The van der Waals surface area contributed by atoms with Crippen molar-refractivity contribution >= 4 is 17.4 Å². The first-order valence-corrected chi connectivity index (χ1v) is 10.5. The molecule has 2 aliphatic rings. The quantitative estimate of drug-likeness (QED) is 0.816. The molecule has 2 saturated heterocycles. The predicted molar refractivity (Wildman–Crippen MR) is 112 cm³/mol. The van der Waals surface area contributed by atoms with E-state index in [1.54, 1.807) is 0 Å². The van der Waals surface area contributed by atoms with Crippen LogP contribution in [0.25, 0.3) is 0 Å². The molecule has 1 amide bonds. The minimum absolute atomic E-state index is 0.0163. The van der Waals surface area contributed by atoms with Gasteiger partial charge in [0.15, 0.2) is 11.5 Å². The highest BCUT2D eigenvalue weighted by Crippen LogP contribution is 2.24. The van der Waals surface area contributed by atoms with Crippen LogP contribution in [-0.4, -0.2) is 59.8 Å². The molecule has 0 spiro atoms. The van der Waals surface area contributed by atoms with E-state index in [0.29, 0.717) is 24.8 Å². The van der Waals surface area contributed by atoms with Gasteiger partial charge in [-0.1, -0.05) is 25.1 Å². The summed E-state index contributed by atoms with van der Waals surface area (Å²) in [7, 11) is 0. The van der Waals surface area contributed by atoms with Crippen LogP contribution >= 0.6 is 0 Å². The van der Waals surface area contributed by atoms with Crippen molar-refractivity contribution < 1.29 is 4.79 Å². The highest BCUT2D eigenvalue weighted by Gasteiger charge is 2.25. The van der Waals surface area contributed by atoms with Gasteiger partial charge in [-0.25, -0.2) is 0 Å². The number of carbonyl (C=O) groups is 1.